The van der Waals surface area contributed by atoms with Crippen molar-refractivity contribution < 1.29 is 38.7 Å². The Morgan fingerprint density at radius 3 is 2.28 bits per heavy atom. The van der Waals surface area contributed by atoms with Gasteiger partial charge in [-0.1, -0.05) is 17.7 Å². The molecule has 5 atom stereocenters. The highest BCUT2D eigenvalue weighted by Crippen LogP contribution is 2.27. The summed E-state index contributed by atoms with van der Waals surface area (Å²) in [6.45, 7) is 1.37. The van der Waals surface area contributed by atoms with Crippen LogP contribution in [0.4, 0.5) is 4.39 Å². The average molecular weight is 424 g/mol. The number of aliphatic hydroxyl groups excluding tert-OH is 3. The Balaban J connectivity index is 1.70. The number of halogens is 1. The maximum Gasteiger partial charge on any atom is 0.358 e. The quantitative estimate of drug-likeness (QED) is 0.624. The molecule has 1 fully saturated rings. The molecule has 2 aromatic carbocycles. The summed E-state index contributed by atoms with van der Waals surface area (Å²) in [4.78, 5) is 0. The second kappa shape index (κ2) is 9.47. The fourth-order valence-electron chi connectivity index (χ4n) is 2.77. The van der Waals surface area contributed by atoms with E-state index in [4.69, 9.17) is 31.2 Å². The minimum atomic E-state index is -1.47. The summed E-state index contributed by atoms with van der Waals surface area (Å²) < 4.78 is 34.8. The van der Waals surface area contributed by atoms with Crippen molar-refractivity contribution in [1.29, 1.82) is 0 Å². The van der Waals surface area contributed by atoms with Gasteiger partial charge in [0.05, 0.1) is 6.61 Å². The molecule has 7 nitrogen and oxygen atoms in total. The first-order chi connectivity index (χ1) is 13.9. The van der Waals surface area contributed by atoms with E-state index in [1.165, 1.54) is 24.3 Å². The zero-order chi connectivity index (χ0) is 21.0. The van der Waals surface area contributed by atoms with Gasteiger partial charge in [0.2, 0.25) is 6.29 Å². The molecule has 9 heteroatoms. The van der Waals surface area contributed by atoms with Crippen LogP contribution in [0.25, 0.3) is 0 Å². The van der Waals surface area contributed by atoms with Crippen molar-refractivity contribution in [3.05, 3.63) is 59.9 Å². The molecule has 0 bridgehead atoms. The third-order valence-corrected chi connectivity index (χ3v) is 4.52. The highest BCUT2D eigenvalue weighted by Gasteiger charge is 2.47. The van der Waals surface area contributed by atoms with E-state index in [0.717, 1.165) is 5.56 Å². The number of benzene rings is 2. The van der Waals surface area contributed by atoms with Crippen LogP contribution in [-0.2, 0) is 9.47 Å². The molecule has 0 radical (unpaired) electrons. The second-order valence-electron chi connectivity index (χ2n) is 6.53. The van der Waals surface area contributed by atoms with Gasteiger partial charge in [0, 0.05) is 12.2 Å². The van der Waals surface area contributed by atoms with Crippen LogP contribution >= 0.6 is 12.2 Å². The molecular weight excluding hydrogens is 403 g/mol. The minimum absolute atomic E-state index is 0.223. The van der Waals surface area contributed by atoms with Crippen molar-refractivity contribution in [3.8, 4) is 11.5 Å². The van der Waals surface area contributed by atoms with Crippen molar-refractivity contribution >= 4 is 17.5 Å². The van der Waals surface area contributed by atoms with E-state index >= 15 is 0 Å². The minimum Gasteiger partial charge on any atom is -0.462 e. The van der Waals surface area contributed by atoms with Crippen LogP contribution in [0.3, 0.4) is 0 Å². The molecule has 0 unspecified atom stereocenters. The molecule has 0 spiro atoms. The standard InChI is InChI=1S/C20H21FO7S/c1-11-2-6-14(7-3-11)26-20(29)28-18-16(23)15(10-22)27-19(17(18)24)25-13-8-4-12(21)5-9-13/h2-9,15-19,22-24H,10H2,1H3/t15-,16+,17-,18+,19-/m1/s1. The van der Waals surface area contributed by atoms with E-state index in [1.807, 2.05) is 19.1 Å². The molecule has 0 saturated carbocycles. The Kier molecular flexibility index (Phi) is 6.99. The summed E-state index contributed by atoms with van der Waals surface area (Å²) in [5.41, 5.74) is 1.03. The lowest BCUT2D eigenvalue weighted by molar-refractivity contribution is -0.275. The Morgan fingerprint density at radius 2 is 1.66 bits per heavy atom. The summed E-state index contributed by atoms with van der Waals surface area (Å²) in [6, 6.07) is 12.1. The van der Waals surface area contributed by atoms with E-state index in [0.29, 0.717) is 5.75 Å². The van der Waals surface area contributed by atoms with Crippen LogP contribution < -0.4 is 9.47 Å². The summed E-state index contributed by atoms with van der Waals surface area (Å²) in [5.74, 6) is 0.196. The van der Waals surface area contributed by atoms with Crippen LogP contribution in [-0.4, -0.2) is 57.9 Å². The van der Waals surface area contributed by atoms with Gasteiger partial charge >= 0.3 is 5.24 Å². The van der Waals surface area contributed by atoms with Crippen LogP contribution in [0.1, 0.15) is 5.56 Å². The predicted octanol–water partition coefficient (Wildman–Crippen LogP) is 1.70. The molecule has 3 rings (SSSR count). The van der Waals surface area contributed by atoms with Gasteiger partial charge in [0.25, 0.3) is 0 Å². The zero-order valence-corrected chi connectivity index (χ0v) is 16.3. The van der Waals surface area contributed by atoms with Crippen LogP contribution in [0, 0.1) is 12.7 Å². The van der Waals surface area contributed by atoms with Gasteiger partial charge in [0.15, 0.2) is 12.2 Å². The smallest absolute Gasteiger partial charge is 0.358 e. The second-order valence-corrected chi connectivity index (χ2v) is 6.86. The predicted molar refractivity (Wildman–Crippen MR) is 104 cm³/mol. The first-order valence-corrected chi connectivity index (χ1v) is 9.28. The number of hydrogen-bond acceptors (Lipinski definition) is 8. The van der Waals surface area contributed by atoms with E-state index < -0.39 is 43.1 Å². The molecule has 29 heavy (non-hydrogen) atoms. The lowest BCUT2D eigenvalue weighted by atomic mass is 9.99. The maximum atomic E-state index is 13.1. The zero-order valence-electron chi connectivity index (χ0n) is 15.5. The molecule has 1 heterocycles. The molecule has 1 aliphatic heterocycles. The number of thiocarbonyl (C=S) groups is 1. The highest BCUT2D eigenvalue weighted by atomic mass is 32.1. The van der Waals surface area contributed by atoms with Crippen molar-refractivity contribution in [2.45, 2.75) is 37.6 Å². The van der Waals surface area contributed by atoms with Crippen LogP contribution in [0.15, 0.2) is 48.5 Å². The molecule has 0 amide bonds. The molecule has 1 saturated heterocycles. The number of ether oxygens (including phenoxy) is 4. The summed E-state index contributed by atoms with van der Waals surface area (Å²) in [7, 11) is 0. The summed E-state index contributed by atoms with van der Waals surface area (Å²) in [5, 5.41) is 30.1. The van der Waals surface area contributed by atoms with E-state index in [-0.39, 0.29) is 11.0 Å². The molecule has 0 aromatic heterocycles. The first kappa shape index (κ1) is 21.4. The summed E-state index contributed by atoms with van der Waals surface area (Å²) in [6.07, 6.45) is -6.56. The van der Waals surface area contributed by atoms with Gasteiger partial charge in [-0.05, 0) is 43.3 Å². The molecule has 156 valence electrons. The normalized spacial score (nSPS) is 26.6. The summed E-state index contributed by atoms with van der Waals surface area (Å²) >= 11 is 5.06. The van der Waals surface area contributed by atoms with Crippen molar-refractivity contribution in [2.24, 2.45) is 0 Å². The van der Waals surface area contributed by atoms with Gasteiger partial charge in [-0.3, -0.25) is 0 Å². The largest absolute Gasteiger partial charge is 0.462 e. The fraction of sp³-hybridized carbons (Fsp3) is 0.350. The van der Waals surface area contributed by atoms with Gasteiger partial charge < -0.3 is 34.3 Å². The van der Waals surface area contributed by atoms with Gasteiger partial charge in [-0.25, -0.2) is 4.39 Å². The van der Waals surface area contributed by atoms with E-state index in [9.17, 15) is 19.7 Å². The molecular formula is C20H21FO7S. The van der Waals surface area contributed by atoms with Crippen molar-refractivity contribution in [3.63, 3.8) is 0 Å². The molecule has 1 aliphatic rings. The maximum absolute atomic E-state index is 13.1. The SMILES string of the molecule is Cc1ccc(OC(=S)O[C@H]2[C@@H](O)[C@@H](CO)O[C@@H](Oc3ccc(F)cc3)[C@@H]2O)cc1. The third kappa shape index (κ3) is 5.40. The van der Waals surface area contributed by atoms with E-state index in [1.54, 1.807) is 12.1 Å². The average Bonchev–Trinajstić information content (AvgIpc) is 2.70. The number of rotatable bonds is 5. The topological polar surface area (TPSA) is 97.6 Å². The lowest BCUT2D eigenvalue weighted by Gasteiger charge is -2.41. The van der Waals surface area contributed by atoms with Crippen LogP contribution in [0.2, 0.25) is 0 Å². The highest BCUT2D eigenvalue weighted by molar-refractivity contribution is 7.79. The molecule has 2 aromatic rings. The number of hydrogen-bond donors (Lipinski definition) is 3. The monoisotopic (exact) mass is 424 g/mol. The van der Waals surface area contributed by atoms with Crippen molar-refractivity contribution in [1.82, 2.24) is 0 Å². The van der Waals surface area contributed by atoms with E-state index in [2.05, 4.69) is 0 Å². The third-order valence-electron chi connectivity index (χ3n) is 4.34. The Morgan fingerprint density at radius 1 is 1.03 bits per heavy atom. The number of aliphatic hydroxyl groups is 3. The number of aryl methyl sites for hydroxylation is 1. The first-order valence-electron chi connectivity index (χ1n) is 8.87. The van der Waals surface area contributed by atoms with Gasteiger partial charge in [-0.15, -0.1) is 0 Å². The Hall–Kier alpha value is -2.30. The van der Waals surface area contributed by atoms with Crippen molar-refractivity contribution in [2.75, 3.05) is 6.61 Å². The Labute approximate surface area is 172 Å². The molecule has 3 N–H and O–H groups in total. The van der Waals surface area contributed by atoms with Gasteiger partial charge in [-0.2, -0.15) is 0 Å². The van der Waals surface area contributed by atoms with Crippen LogP contribution in [0.5, 0.6) is 11.5 Å². The molecule has 0 aliphatic carbocycles. The Bertz CT molecular complexity index is 815. The fourth-order valence-corrected chi connectivity index (χ4v) is 2.98. The van der Waals surface area contributed by atoms with Gasteiger partial charge in [0.1, 0.15) is 29.5 Å². The lowest BCUT2D eigenvalue weighted by Crippen LogP contribution is -2.61.